The Morgan fingerprint density at radius 1 is 1.04 bits per heavy atom. The molecule has 1 atom stereocenters. The van der Waals surface area contributed by atoms with Gasteiger partial charge in [0.2, 0.25) is 5.91 Å². The zero-order valence-corrected chi connectivity index (χ0v) is 16.8. The molecule has 2 aromatic carbocycles. The maximum absolute atomic E-state index is 13.3. The largest absolute Gasteiger partial charge is 0.349 e. The number of carbonyl (C=O) groups is 1. The number of nitrogens with one attached hydrogen (secondary N) is 1. The Balaban J connectivity index is 1.84. The van der Waals surface area contributed by atoms with E-state index in [1.165, 1.54) is 6.26 Å². The average molecular weight is 386 g/mol. The molecule has 4 nitrogen and oxygen atoms in total. The Morgan fingerprint density at radius 3 is 2.15 bits per heavy atom. The van der Waals surface area contributed by atoms with Crippen LogP contribution in [0.25, 0.3) is 0 Å². The zero-order chi connectivity index (χ0) is 19.5. The van der Waals surface area contributed by atoms with Gasteiger partial charge in [-0.2, -0.15) is 0 Å². The molecule has 0 saturated heterocycles. The molecule has 0 bridgehead atoms. The van der Waals surface area contributed by atoms with Gasteiger partial charge in [0.05, 0.1) is 16.4 Å². The van der Waals surface area contributed by atoms with Crippen molar-refractivity contribution in [1.82, 2.24) is 5.32 Å². The van der Waals surface area contributed by atoms with Crippen LogP contribution >= 0.6 is 0 Å². The molecule has 3 rings (SSSR count). The fraction of sp³-hybridized carbons (Fsp3) is 0.409. The molecular weight excluding hydrogens is 358 g/mol. The zero-order valence-electron chi connectivity index (χ0n) is 15.9. The van der Waals surface area contributed by atoms with Gasteiger partial charge in [0.15, 0.2) is 9.84 Å². The third kappa shape index (κ3) is 4.08. The van der Waals surface area contributed by atoms with Gasteiger partial charge in [0.1, 0.15) is 0 Å². The summed E-state index contributed by atoms with van der Waals surface area (Å²) in [5.74, 6) is 0.0743. The van der Waals surface area contributed by atoms with Crippen LogP contribution in [0.3, 0.4) is 0 Å². The van der Waals surface area contributed by atoms with Crippen molar-refractivity contribution in [3.8, 4) is 0 Å². The molecule has 27 heavy (non-hydrogen) atoms. The van der Waals surface area contributed by atoms with Crippen molar-refractivity contribution in [2.45, 2.75) is 55.4 Å². The van der Waals surface area contributed by atoms with Crippen LogP contribution in [-0.4, -0.2) is 20.6 Å². The summed E-state index contributed by atoms with van der Waals surface area (Å²) in [6, 6.07) is 16.7. The predicted molar refractivity (Wildman–Crippen MR) is 107 cm³/mol. The van der Waals surface area contributed by atoms with Crippen molar-refractivity contribution in [3.05, 3.63) is 65.7 Å². The van der Waals surface area contributed by atoms with Gasteiger partial charge >= 0.3 is 0 Å². The van der Waals surface area contributed by atoms with E-state index in [-0.39, 0.29) is 11.9 Å². The second kappa shape index (κ2) is 7.85. The van der Waals surface area contributed by atoms with Gasteiger partial charge in [0.25, 0.3) is 0 Å². The van der Waals surface area contributed by atoms with E-state index in [1.807, 2.05) is 37.3 Å². The number of sulfone groups is 1. The summed E-state index contributed by atoms with van der Waals surface area (Å²) in [5.41, 5.74) is 1.56. The summed E-state index contributed by atoms with van der Waals surface area (Å²) in [4.78, 5) is 13.6. The van der Waals surface area contributed by atoms with E-state index in [0.29, 0.717) is 4.90 Å². The minimum Gasteiger partial charge on any atom is -0.349 e. The first-order chi connectivity index (χ1) is 12.9. The normalized spacial score (nSPS) is 17.4. The number of amides is 1. The quantitative estimate of drug-likeness (QED) is 0.812. The van der Waals surface area contributed by atoms with E-state index < -0.39 is 15.3 Å². The molecule has 0 spiro atoms. The first kappa shape index (κ1) is 19.6. The monoisotopic (exact) mass is 385 g/mol. The molecular formula is C22H27NO3S. The Labute approximate surface area is 161 Å². The van der Waals surface area contributed by atoms with Crippen LogP contribution in [0, 0.1) is 0 Å². The lowest BCUT2D eigenvalue weighted by Gasteiger charge is -2.31. The highest BCUT2D eigenvalue weighted by atomic mass is 32.2. The number of rotatable bonds is 6. The van der Waals surface area contributed by atoms with Crippen molar-refractivity contribution in [1.29, 1.82) is 0 Å². The van der Waals surface area contributed by atoms with E-state index in [0.717, 1.165) is 43.2 Å². The summed E-state index contributed by atoms with van der Waals surface area (Å²) in [6.45, 7) is 2.03. The molecule has 5 heteroatoms. The minimum atomic E-state index is -3.22. The molecule has 1 aliphatic carbocycles. The molecule has 0 aromatic heterocycles. The number of hydrogen-bond acceptors (Lipinski definition) is 3. The molecule has 1 fully saturated rings. The van der Waals surface area contributed by atoms with Crippen LogP contribution in [-0.2, 0) is 20.0 Å². The SMILES string of the molecule is CCC(NC(=O)C1(c2ccccc2)CCCC1)c1ccc(S(C)(=O)=O)cc1. The second-order valence-corrected chi connectivity index (χ2v) is 9.45. The summed E-state index contributed by atoms with van der Waals surface area (Å²) in [7, 11) is -3.22. The van der Waals surface area contributed by atoms with Crippen molar-refractivity contribution < 1.29 is 13.2 Å². The number of carbonyl (C=O) groups excluding carboxylic acids is 1. The fourth-order valence-corrected chi connectivity index (χ4v) is 4.68. The van der Waals surface area contributed by atoms with E-state index in [2.05, 4.69) is 5.32 Å². The van der Waals surface area contributed by atoms with Gasteiger partial charge in [0, 0.05) is 6.26 Å². The Morgan fingerprint density at radius 2 is 1.63 bits per heavy atom. The van der Waals surface area contributed by atoms with Gasteiger partial charge < -0.3 is 5.32 Å². The smallest absolute Gasteiger partial charge is 0.231 e. The molecule has 1 saturated carbocycles. The van der Waals surface area contributed by atoms with Gasteiger partial charge in [-0.05, 0) is 42.5 Å². The first-order valence-electron chi connectivity index (χ1n) is 9.53. The fourth-order valence-electron chi connectivity index (χ4n) is 4.05. The predicted octanol–water partition coefficient (Wildman–Crippen LogP) is 4.17. The number of benzene rings is 2. The van der Waals surface area contributed by atoms with Crippen LogP contribution in [0.15, 0.2) is 59.5 Å². The van der Waals surface area contributed by atoms with Gasteiger partial charge in [-0.3, -0.25) is 4.79 Å². The Bertz CT molecular complexity index is 883. The van der Waals surface area contributed by atoms with Crippen LogP contribution < -0.4 is 5.32 Å². The molecule has 0 aliphatic heterocycles. The maximum Gasteiger partial charge on any atom is 0.231 e. The van der Waals surface area contributed by atoms with Crippen LogP contribution in [0.1, 0.15) is 56.2 Å². The lowest BCUT2D eigenvalue weighted by Crippen LogP contribution is -2.44. The maximum atomic E-state index is 13.3. The van der Waals surface area contributed by atoms with E-state index in [9.17, 15) is 13.2 Å². The minimum absolute atomic E-state index is 0.0743. The highest BCUT2D eigenvalue weighted by molar-refractivity contribution is 7.90. The molecule has 1 N–H and O–H groups in total. The van der Waals surface area contributed by atoms with E-state index >= 15 is 0 Å². The van der Waals surface area contributed by atoms with Crippen molar-refractivity contribution in [2.24, 2.45) is 0 Å². The summed E-state index contributed by atoms with van der Waals surface area (Å²) in [6.07, 6.45) is 5.79. The molecule has 144 valence electrons. The molecule has 1 aliphatic rings. The summed E-state index contributed by atoms with van der Waals surface area (Å²) in [5, 5.41) is 3.23. The molecule has 1 unspecified atom stereocenters. The topological polar surface area (TPSA) is 63.2 Å². The molecule has 0 radical (unpaired) electrons. The second-order valence-electron chi connectivity index (χ2n) is 7.43. The van der Waals surface area contributed by atoms with E-state index in [1.54, 1.807) is 24.3 Å². The molecule has 0 heterocycles. The standard InChI is InChI=1S/C22H27NO3S/c1-3-20(17-11-13-19(14-12-17)27(2,25)26)23-21(24)22(15-7-8-16-22)18-9-5-4-6-10-18/h4-6,9-14,20H,3,7-8,15-16H2,1-2H3,(H,23,24). The highest BCUT2D eigenvalue weighted by Gasteiger charge is 2.43. The lowest BCUT2D eigenvalue weighted by molar-refractivity contribution is -0.127. The lowest BCUT2D eigenvalue weighted by atomic mass is 9.77. The van der Waals surface area contributed by atoms with Crippen LogP contribution in [0.5, 0.6) is 0 Å². The van der Waals surface area contributed by atoms with Crippen LogP contribution in [0.4, 0.5) is 0 Å². The third-order valence-electron chi connectivity index (χ3n) is 5.64. The summed E-state index contributed by atoms with van der Waals surface area (Å²) >= 11 is 0. The third-order valence-corrected chi connectivity index (χ3v) is 6.77. The van der Waals surface area contributed by atoms with Crippen molar-refractivity contribution >= 4 is 15.7 Å². The number of hydrogen-bond donors (Lipinski definition) is 1. The van der Waals surface area contributed by atoms with Crippen molar-refractivity contribution in [3.63, 3.8) is 0 Å². The van der Waals surface area contributed by atoms with Gasteiger partial charge in [-0.15, -0.1) is 0 Å². The average Bonchev–Trinajstić information content (AvgIpc) is 3.17. The van der Waals surface area contributed by atoms with E-state index in [4.69, 9.17) is 0 Å². The highest BCUT2D eigenvalue weighted by Crippen LogP contribution is 2.41. The van der Waals surface area contributed by atoms with Crippen molar-refractivity contribution in [2.75, 3.05) is 6.26 Å². The van der Waals surface area contributed by atoms with Gasteiger partial charge in [-0.25, -0.2) is 8.42 Å². The molecule has 1 amide bonds. The first-order valence-corrected chi connectivity index (χ1v) is 11.4. The van der Waals surface area contributed by atoms with Gasteiger partial charge in [-0.1, -0.05) is 62.2 Å². The summed E-state index contributed by atoms with van der Waals surface area (Å²) < 4.78 is 23.3. The van der Waals surface area contributed by atoms with Crippen LogP contribution in [0.2, 0.25) is 0 Å². The Hall–Kier alpha value is -2.14. The Kier molecular flexibility index (Phi) is 5.70. The molecule has 2 aromatic rings.